The van der Waals surface area contributed by atoms with Crippen LogP contribution in [0.15, 0.2) is 24.3 Å². The van der Waals surface area contributed by atoms with E-state index in [0.29, 0.717) is 12.0 Å². The summed E-state index contributed by atoms with van der Waals surface area (Å²) in [7, 11) is 4.29. The van der Waals surface area contributed by atoms with Crippen molar-refractivity contribution in [2.45, 2.75) is 19.4 Å². The second kappa shape index (κ2) is 3.72. The second-order valence-corrected chi connectivity index (χ2v) is 3.29. The summed E-state index contributed by atoms with van der Waals surface area (Å²) in [5, 5.41) is 0. The van der Waals surface area contributed by atoms with Crippen molar-refractivity contribution in [3.05, 3.63) is 24.3 Å². The molecule has 0 saturated carbocycles. The third-order valence-corrected chi connectivity index (χ3v) is 2.30. The Hall–Kier alpha value is -0.560. The summed E-state index contributed by atoms with van der Waals surface area (Å²) in [6.45, 7) is 2.24. The standard InChI is InChI=1S/C10H17N/c1-4-10(11(2)3)9-7-5-6-8-9/h5-10H,4H2,1-3H3/t10-/m0/s1. The van der Waals surface area contributed by atoms with Crippen molar-refractivity contribution >= 4 is 0 Å². The van der Waals surface area contributed by atoms with Crippen molar-refractivity contribution in [2.75, 3.05) is 14.1 Å². The van der Waals surface area contributed by atoms with E-state index < -0.39 is 0 Å². The average molecular weight is 151 g/mol. The Kier molecular flexibility index (Phi) is 2.89. The van der Waals surface area contributed by atoms with E-state index in [1.807, 2.05) is 0 Å². The highest BCUT2D eigenvalue weighted by Gasteiger charge is 2.17. The highest BCUT2D eigenvalue weighted by Crippen LogP contribution is 2.19. The lowest BCUT2D eigenvalue weighted by molar-refractivity contribution is 0.255. The largest absolute Gasteiger partial charge is 0.306 e. The van der Waals surface area contributed by atoms with Crippen LogP contribution >= 0.6 is 0 Å². The SMILES string of the molecule is CC[C@@H](C1C=CC=C1)N(C)C. The van der Waals surface area contributed by atoms with Gasteiger partial charge in [0.2, 0.25) is 0 Å². The molecule has 0 amide bonds. The fraction of sp³-hybridized carbons (Fsp3) is 0.600. The van der Waals surface area contributed by atoms with E-state index in [4.69, 9.17) is 0 Å². The number of hydrogen-bond donors (Lipinski definition) is 0. The van der Waals surface area contributed by atoms with Gasteiger partial charge in [-0.25, -0.2) is 0 Å². The first-order valence-corrected chi connectivity index (χ1v) is 4.27. The topological polar surface area (TPSA) is 3.24 Å². The van der Waals surface area contributed by atoms with Crippen LogP contribution in [0.5, 0.6) is 0 Å². The molecular formula is C10H17N. The molecule has 62 valence electrons. The molecule has 0 radical (unpaired) electrons. The van der Waals surface area contributed by atoms with E-state index in [9.17, 15) is 0 Å². The number of nitrogens with zero attached hydrogens (tertiary/aromatic N) is 1. The molecule has 0 heterocycles. The molecule has 0 aromatic carbocycles. The second-order valence-electron chi connectivity index (χ2n) is 3.29. The van der Waals surface area contributed by atoms with E-state index in [2.05, 4.69) is 50.2 Å². The summed E-state index contributed by atoms with van der Waals surface area (Å²) in [5.41, 5.74) is 0. The Morgan fingerprint density at radius 1 is 1.27 bits per heavy atom. The fourth-order valence-corrected chi connectivity index (χ4v) is 1.69. The van der Waals surface area contributed by atoms with Gasteiger partial charge in [0.05, 0.1) is 0 Å². The van der Waals surface area contributed by atoms with Gasteiger partial charge in [-0.15, -0.1) is 0 Å². The lowest BCUT2D eigenvalue weighted by atomic mass is 9.98. The van der Waals surface area contributed by atoms with Gasteiger partial charge in [0.25, 0.3) is 0 Å². The van der Waals surface area contributed by atoms with Crippen molar-refractivity contribution in [3.8, 4) is 0 Å². The van der Waals surface area contributed by atoms with Crippen LogP contribution in [0.25, 0.3) is 0 Å². The van der Waals surface area contributed by atoms with Gasteiger partial charge >= 0.3 is 0 Å². The maximum Gasteiger partial charge on any atom is 0.0184 e. The molecule has 0 saturated heterocycles. The minimum Gasteiger partial charge on any atom is -0.306 e. The zero-order valence-electron chi connectivity index (χ0n) is 7.62. The van der Waals surface area contributed by atoms with Crippen LogP contribution in [0, 0.1) is 5.92 Å². The van der Waals surface area contributed by atoms with Gasteiger partial charge in [-0.1, -0.05) is 31.2 Å². The zero-order chi connectivity index (χ0) is 8.27. The number of rotatable bonds is 3. The first kappa shape index (κ1) is 8.54. The third kappa shape index (κ3) is 1.93. The molecule has 0 aromatic rings. The third-order valence-electron chi connectivity index (χ3n) is 2.30. The fourth-order valence-electron chi connectivity index (χ4n) is 1.69. The minimum absolute atomic E-state index is 0.634. The minimum atomic E-state index is 0.634. The van der Waals surface area contributed by atoms with Crippen molar-refractivity contribution in [1.82, 2.24) is 4.90 Å². The van der Waals surface area contributed by atoms with Gasteiger partial charge in [0.15, 0.2) is 0 Å². The maximum absolute atomic E-state index is 2.30. The van der Waals surface area contributed by atoms with E-state index in [1.165, 1.54) is 6.42 Å². The van der Waals surface area contributed by atoms with Crippen LogP contribution in [-0.4, -0.2) is 25.0 Å². The smallest absolute Gasteiger partial charge is 0.0184 e. The Labute approximate surface area is 69.4 Å². The molecular weight excluding hydrogens is 134 g/mol. The lowest BCUT2D eigenvalue weighted by Crippen LogP contribution is -2.32. The van der Waals surface area contributed by atoms with Gasteiger partial charge in [-0.2, -0.15) is 0 Å². The predicted molar refractivity (Wildman–Crippen MR) is 49.5 cm³/mol. The summed E-state index contributed by atoms with van der Waals surface area (Å²) >= 11 is 0. The molecule has 1 nitrogen and oxygen atoms in total. The zero-order valence-corrected chi connectivity index (χ0v) is 7.62. The Bertz CT molecular complexity index is 156. The molecule has 11 heavy (non-hydrogen) atoms. The van der Waals surface area contributed by atoms with Crippen molar-refractivity contribution in [2.24, 2.45) is 5.92 Å². The van der Waals surface area contributed by atoms with Crippen LogP contribution in [0.2, 0.25) is 0 Å². The summed E-state index contributed by atoms with van der Waals surface area (Å²) in [6, 6.07) is 0.671. The molecule has 1 aliphatic carbocycles. The van der Waals surface area contributed by atoms with Crippen LogP contribution in [0.1, 0.15) is 13.3 Å². The monoisotopic (exact) mass is 151 g/mol. The molecule has 0 spiro atoms. The molecule has 1 atom stereocenters. The predicted octanol–water partition coefficient (Wildman–Crippen LogP) is 2.07. The summed E-state index contributed by atoms with van der Waals surface area (Å²) < 4.78 is 0. The highest BCUT2D eigenvalue weighted by molar-refractivity contribution is 5.19. The first-order valence-electron chi connectivity index (χ1n) is 4.27. The number of hydrogen-bond acceptors (Lipinski definition) is 1. The molecule has 1 rings (SSSR count). The first-order chi connectivity index (χ1) is 5.25. The summed E-state index contributed by atoms with van der Waals surface area (Å²) in [6.07, 6.45) is 10.0. The van der Waals surface area contributed by atoms with Gasteiger partial charge in [0, 0.05) is 12.0 Å². The Balaban J connectivity index is 2.55. The van der Waals surface area contributed by atoms with Gasteiger partial charge in [-0.3, -0.25) is 0 Å². The Morgan fingerprint density at radius 3 is 2.18 bits per heavy atom. The molecule has 0 bridgehead atoms. The van der Waals surface area contributed by atoms with Crippen molar-refractivity contribution in [3.63, 3.8) is 0 Å². The van der Waals surface area contributed by atoms with Gasteiger partial charge in [-0.05, 0) is 20.5 Å². The summed E-state index contributed by atoms with van der Waals surface area (Å²) in [5.74, 6) is 0.634. The van der Waals surface area contributed by atoms with Crippen molar-refractivity contribution < 1.29 is 0 Å². The van der Waals surface area contributed by atoms with Crippen LogP contribution in [-0.2, 0) is 0 Å². The highest BCUT2D eigenvalue weighted by atomic mass is 15.1. The summed E-state index contributed by atoms with van der Waals surface area (Å²) in [4.78, 5) is 2.30. The molecule has 1 heteroatoms. The lowest BCUT2D eigenvalue weighted by Gasteiger charge is -2.26. The number of allylic oxidation sites excluding steroid dienone is 2. The Morgan fingerprint density at radius 2 is 1.82 bits per heavy atom. The van der Waals surface area contributed by atoms with E-state index in [-0.39, 0.29) is 0 Å². The van der Waals surface area contributed by atoms with Crippen LogP contribution in [0.4, 0.5) is 0 Å². The molecule has 0 aromatic heterocycles. The van der Waals surface area contributed by atoms with Crippen molar-refractivity contribution in [1.29, 1.82) is 0 Å². The van der Waals surface area contributed by atoms with Gasteiger partial charge in [0.1, 0.15) is 0 Å². The van der Waals surface area contributed by atoms with Crippen LogP contribution in [0.3, 0.4) is 0 Å². The average Bonchev–Trinajstić information content (AvgIpc) is 2.40. The molecule has 1 aliphatic rings. The quantitative estimate of drug-likeness (QED) is 0.597. The molecule has 0 unspecified atom stereocenters. The molecule has 0 fully saturated rings. The van der Waals surface area contributed by atoms with Gasteiger partial charge < -0.3 is 4.90 Å². The van der Waals surface area contributed by atoms with E-state index in [0.717, 1.165) is 0 Å². The van der Waals surface area contributed by atoms with E-state index in [1.54, 1.807) is 0 Å². The van der Waals surface area contributed by atoms with Crippen LogP contribution < -0.4 is 0 Å². The van der Waals surface area contributed by atoms with E-state index >= 15 is 0 Å². The molecule has 0 N–H and O–H groups in total. The normalized spacial score (nSPS) is 20.0. The maximum atomic E-state index is 2.30. The molecule has 0 aliphatic heterocycles.